The minimum atomic E-state index is -1.17. The Morgan fingerprint density at radius 1 is 1.13 bits per heavy atom. The van der Waals surface area contributed by atoms with E-state index in [9.17, 15) is 19.8 Å². The number of nitrogens with zero attached hydrogens (tertiary/aromatic N) is 4. The van der Waals surface area contributed by atoms with Crippen molar-refractivity contribution in [3.63, 3.8) is 0 Å². The molecule has 2 saturated heterocycles. The second-order valence-corrected chi connectivity index (χ2v) is 10.2. The van der Waals surface area contributed by atoms with Crippen LogP contribution >= 0.6 is 0 Å². The number of piperidine rings is 1. The first kappa shape index (κ1) is 27.6. The molecule has 1 amide bonds. The lowest BCUT2D eigenvalue weighted by Gasteiger charge is -2.35. The number of carboxylic acids is 1. The molecule has 1 aromatic heterocycles. The summed E-state index contributed by atoms with van der Waals surface area (Å²) in [7, 11) is 1.57. The summed E-state index contributed by atoms with van der Waals surface area (Å²) in [6.07, 6.45) is 1.85. The molecular formula is C28H37N5O5. The van der Waals surface area contributed by atoms with Crippen LogP contribution in [0.1, 0.15) is 53.2 Å². The Morgan fingerprint density at radius 3 is 2.42 bits per heavy atom. The zero-order chi connectivity index (χ0) is 27.4. The third-order valence-electron chi connectivity index (χ3n) is 7.13. The average Bonchev–Trinajstić information content (AvgIpc) is 3.26. The number of ether oxygens (including phenoxy) is 1. The topological polar surface area (TPSA) is 134 Å². The van der Waals surface area contributed by atoms with Gasteiger partial charge in [-0.15, -0.1) is 0 Å². The summed E-state index contributed by atoms with van der Waals surface area (Å²) in [6, 6.07) is 13.6. The number of carboxylic acid groups (broad SMARTS) is 1. The van der Waals surface area contributed by atoms with Crippen molar-refractivity contribution in [1.29, 1.82) is 0 Å². The normalized spacial score (nSPS) is 16.7. The third kappa shape index (κ3) is 6.15. The first-order valence-electron chi connectivity index (χ1n) is 13.0. The second kappa shape index (κ2) is 11.9. The van der Waals surface area contributed by atoms with E-state index >= 15 is 0 Å². The van der Waals surface area contributed by atoms with Crippen molar-refractivity contribution in [2.75, 3.05) is 33.3 Å². The maximum Gasteiger partial charge on any atom is 0.372 e. The van der Waals surface area contributed by atoms with Crippen LogP contribution < -0.4 is 10.5 Å². The number of rotatable bonds is 6. The zero-order valence-corrected chi connectivity index (χ0v) is 22.2. The molecular weight excluding hydrogens is 486 g/mol. The Labute approximate surface area is 222 Å². The number of aliphatic hydroxyl groups excluding tert-OH is 1. The lowest BCUT2D eigenvalue weighted by Crippen LogP contribution is -2.53. The number of aromatic nitrogens is 2. The Balaban J connectivity index is 0.000000283. The molecule has 38 heavy (non-hydrogen) atoms. The van der Waals surface area contributed by atoms with Crippen LogP contribution in [0.5, 0.6) is 5.75 Å². The summed E-state index contributed by atoms with van der Waals surface area (Å²) in [5, 5.41) is 19.1. The predicted molar refractivity (Wildman–Crippen MR) is 145 cm³/mol. The van der Waals surface area contributed by atoms with E-state index in [1.54, 1.807) is 29.9 Å². The SMILES string of the molecule is CC(C)N1CCC(N)CC1.COc1cccc(Cn2c(C(=O)O)nc3c(C(=O)N4CC(O)C4)cccc32)c1. The van der Waals surface area contributed by atoms with Gasteiger partial charge in [-0.05, 0) is 69.6 Å². The highest BCUT2D eigenvalue weighted by Gasteiger charge is 2.31. The van der Waals surface area contributed by atoms with E-state index in [1.165, 1.54) is 30.8 Å². The standard InChI is InChI=1S/C20H19N3O5.C8H18N2/c1-28-14-5-2-4-12(8-14)9-23-16-7-3-6-15(17(16)21-18(23)20(26)27)19(25)22-10-13(24)11-22;1-7(2)10-5-3-8(9)4-6-10/h2-8,13,24H,9-11H2,1H3,(H,26,27);7-8H,3-6,9H2,1-2H3. The molecule has 0 spiro atoms. The summed E-state index contributed by atoms with van der Waals surface area (Å²) in [5.74, 6) is -0.900. The monoisotopic (exact) mass is 523 g/mol. The van der Waals surface area contributed by atoms with Gasteiger partial charge >= 0.3 is 5.97 Å². The molecule has 3 aromatic rings. The zero-order valence-electron chi connectivity index (χ0n) is 22.2. The third-order valence-corrected chi connectivity index (χ3v) is 7.13. The number of hydrogen-bond acceptors (Lipinski definition) is 7. The number of imidazole rings is 1. The quantitative estimate of drug-likeness (QED) is 0.449. The number of hydrogen-bond donors (Lipinski definition) is 3. The number of carbonyl (C=O) groups is 2. The summed E-state index contributed by atoms with van der Waals surface area (Å²) in [6.45, 7) is 7.69. The fourth-order valence-electron chi connectivity index (χ4n) is 4.82. The summed E-state index contributed by atoms with van der Waals surface area (Å²) in [5.41, 5.74) is 7.86. The number of carbonyl (C=O) groups excluding carboxylic acids is 1. The molecule has 3 heterocycles. The van der Waals surface area contributed by atoms with Crippen LogP contribution in [0.3, 0.4) is 0 Å². The molecule has 2 fully saturated rings. The van der Waals surface area contributed by atoms with Gasteiger partial charge in [0.1, 0.15) is 11.3 Å². The number of β-amino-alcohol motifs (C(OH)–C–C–N with tert-alkyl or cyclic N) is 1. The van der Waals surface area contributed by atoms with Crippen LogP contribution in [0.2, 0.25) is 0 Å². The molecule has 2 aliphatic rings. The first-order valence-corrected chi connectivity index (χ1v) is 13.0. The van der Waals surface area contributed by atoms with Gasteiger partial charge in [0.2, 0.25) is 5.82 Å². The highest BCUT2D eigenvalue weighted by molar-refractivity contribution is 6.06. The van der Waals surface area contributed by atoms with Crippen molar-refractivity contribution in [2.24, 2.45) is 5.73 Å². The summed E-state index contributed by atoms with van der Waals surface area (Å²) >= 11 is 0. The maximum absolute atomic E-state index is 12.7. The van der Waals surface area contributed by atoms with Crippen molar-refractivity contribution in [3.8, 4) is 5.75 Å². The lowest BCUT2D eigenvalue weighted by molar-refractivity contribution is 0.00601. The number of aliphatic hydroxyl groups is 1. The van der Waals surface area contributed by atoms with E-state index in [-0.39, 0.29) is 31.4 Å². The summed E-state index contributed by atoms with van der Waals surface area (Å²) < 4.78 is 6.81. The molecule has 0 bridgehead atoms. The van der Waals surface area contributed by atoms with Gasteiger partial charge in [-0.1, -0.05) is 18.2 Å². The van der Waals surface area contributed by atoms with Crippen molar-refractivity contribution in [3.05, 3.63) is 59.4 Å². The van der Waals surface area contributed by atoms with Crippen LogP contribution in [-0.4, -0.2) is 92.9 Å². The van der Waals surface area contributed by atoms with Crippen molar-refractivity contribution >= 4 is 22.9 Å². The minimum absolute atomic E-state index is 0.137. The second-order valence-electron chi connectivity index (χ2n) is 10.2. The number of benzene rings is 2. The van der Waals surface area contributed by atoms with Crippen molar-refractivity contribution < 1.29 is 24.5 Å². The van der Waals surface area contributed by atoms with E-state index in [2.05, 4.69) is 23.7 Å². The maximum atomic E-state index is 12.7. The van der Waals surface area contributed by atoms with Gasteiger partial charge < -0.3 is 35.1 Å². The highest BCUT2D eigenvalue weighted by Crippen LogP contribution is 2.25. The number of aromatic carboxylic acids is 1. The smallest absolute Gasteiger partial charge is 0.372 e. The van der Waals surface area contributed by atoms with Gasteiger partial charge in [-0.2, -0.15) is 0 Å². The molecule has 0 unspecified atom stereocenters. The molecule has 10 nitrogen and oxygen atoms in total. The van der Waals surface area contributed by atoms with Gasteiger partial charge in [0.15, 0.2) is 0 Å². The van der Waals surface area contributed by atoms with Gasteiger partial charge in [0.25, 0.3) is 5.91 Å². The number of fused-ring (bicyclic) bond motifs is 1. The van der Waals surface area contributed by atoms with Crippen LogP contribution in [0.4, 0.5) is 0 Å². The molecule has 2 aliphatic heterocycles. The van der Waals surface area contributed by atoms with Gasteiger partial charge in [-0.25, -0.2) is 9.78 Å². The first-order chi connectivity index (χ1) is 18.2. The highest BCUT2D eigenvalue weighted by atomic mass is 16.5. The number of amides is 1. The molecule has 0 saturated carbocycles. The Morgan fingerprint density at radius 2 is 1.82 bits per heavy atom. The molecule has 4 N–H and O–H groups in total. The Hall–Kier alpha value is -3.47. The van der Waals surface area contributed by atoms with E-state index in [0.717, 1.165) is 5.56 Å². The number of nitrogens with two attached hydrogens (primary N) is 1. The van der Waals surface area contributed by atoms with Crippen LogP contribution in [0.25, 0.3) is 11.0 Å². The Kier molecular flexibility index (Phi) is 8.65. The minimum Gasteiger partial charge on any atom is -0.497 e. The van der Waals surface area contributed by atoms with Crippen LogP contribution in [0.15, 0.2) is 42.5 Å². The molecule has 10 heteroatoms. The van der Waals surface area contributed by atoms with Crippen molar-refractivity contribution in [2.45, 2.75) is 51.4 Å². The van der Waals surface area contributed by atoms with Crippen LogP contribution in [0, 0.1) is 0 Å². The van der Waals surface area contributed by atoms with E-state index in [4.69, 9.17) is 10.5 Å². The average molecular weight is 524 g/mol. The molecule has 0 aliphatic carbocycles. The molecule has 2 aromatic carbocycles. The van der Waals surface area contributed by atoms with E-state index in [1.807, 2.05) is 24.3 Å². The molecule has 0 radical (unpaired) electrons. The van der Waals surface area contributed by atoms with Gasteiger partial charge in [-0.3, -0.25) is 4.79 Å². The Bertz CT molecular complexity index is 1280. The van der Waals surface area contributed by atoms with E-state index in [0.29, 0.717) is 34.4 Å². The number of methoxy groups -OCH3 is 1. The molecule has 5 rings (SSSR count). The molecule has 204 valence electrons. The van der Waals surface area contributed by atoms with Crippen LogP contribution in [-0.2, 0) is 6.54 Å². The lowest BCUT2D eigenvalue weighted by atomic mass is 10.1. The van der Waals surface area contributed by atoms with E-state index < -0.39 is 12.1 Å². The number of likely N-dealkylation sites (tertiary alicyclic amines) is 2. The van der Waals surface area contributed by atoms with Gasteiger partial charge in [0.05, 0.1) is 30.8 Å². The fraction of sp³-hybridized carbons (Fsp3) is 0.464. The fourth-order valence-corrected chi connectivity index (χ4v) is 4.82. The molecule has 0 atom stereocenters. The van der Waals surface area contributed by atoms with Crippen molar-refractivity contribution in [1.82, 2.24) is 19.4 Å². The predicted octanol–water partition coefficient (Wildman–Crippen LogP) is 2.43. The number of para-hydroxylation sites is 1. The van der Waals surface area contributed by atoms with Gasteiger partial charge in [0, 0.05) is 25.2 Å². The summed E-state index contributed by atoms with van der Waals surface area (Å²) in [4.78, 5) is 32.8. The largest absolute Gasteiger partial charge is 0.497 e.